The van der Waals surface area contributed by atoms with E-state index in [1.165, 1.54) is 0 Å². The molecule has 2 rings (SSSR count). The monoisotopic (exact) mass is 230 g/mol. The molecule has 0 N–H and O–H groups in total. The highest BCUT2D eigenvalue weighted by atomic mass is 16.6. The molecule has 0 aliphatic carbocycles. The summed E-state index contributed by atoms with van der Waals surface area (Å²) in [6.45, 7) is 9.36. The minimum absolute atomic E-state index is 0.0474. The quantitative estimate of drug-likeness (QED) is 0.731. The Balaban J connectivity index is 1.90. The first-order valence-electron chi connectivity index (χ1n) is 6.12. The molecule has 0 amide bonds. The normalized spacial score (nSPS) is 38.6. The van der Waals surface area contributed by atoms with E-state index in [0.29, 0.717) is 13.2 Å². The van der Waals surface area contributed by atoms with Crippen molar-refractivity contribution in [3.63, 3.8) is 0 Å². The van der Waals surface area contributed by atoms with E-state index in [2.05, 4.69) is 0 Å². The van der Waals surface area contributed by atoms with E-state index in [9.17, 15) is 0 Å². The summed E-state index contributed by atoms with van der Waals surface area (Å²) in [5.41, 5.74) is 0. The Morgan fingerprint density at radius 1 is 0.812 bits per heavy atom. The predicted octanol–water partition coefficient (Wildman–Crippen LogP) is 1.37. The Labute approximate surface area is 97.2 Å². The van der Waals surface area contributed by atoms with Gasteiger partial charge in [0.15, 0.2) is 0 Å². The minimum Gasteiger partial charge on any atom is -0.370 e. The molecule has 4 nitrogen and oxygen atoms in total. The van der Waals surface area contributed by atoms with Crippen molar-refractivity contribution < 1.29 is 18.9 Å². The van der Waals surface area contributed by atoms with Gasteiger partial charge in [-0.15, -0.1) is 0 Å². The number of fused-ring (bicyclic) bond motifs is 1. The van der Waals surface area contributed by atoms with E-state index >= 15 is 0 Å². The van der Waals surface area contributed by atoms with Crippen molar-refractivity contribution in [2.45, 2.75) is 64.3 Å². The summed E-state index contributed by atoms with van der Waals surface area (Å²) >= 11 is 0. The van der Waals surface area contributed by atoms with Crippen LogP contribution in [0.2, 0.25) is 0 Å². The average molecular weight is 230 g/mol. The largest absolute Gasteiger partial charge is 0.370 e. The van der Waals surface area contributed by atoms with Gasteiger partial charge in [-0.05, 0) is 27.7 Å². The molecule has 16 heavy (non-hydrogen) atoms. The SMILES string of the molecule is CC(C)O[C@H]1CO[C@H]2[C@@H]1OC[C@@H]2OC(C)C. The molecule has 0 bridgehead atoms. The molecular weight excluding hydrogens is 208 g/mol. The molecule has 4 atom stereocenters. The van der Waals surface area contributed by atoms with Crippen molar-refractivity contribution in [3.8, 4) is 0 Å². The lowest BCUT2D eigenvalue weighted by Crippen LogP contribution is -2.35. The Hall–Kier alpha value is -0.160. The smallest absolute Gasteiger partial charge is 0.115 e. The Kier molecular flexibility index (Phi) is 3.85. The third kappa shape index (κ3) is 2.56. The van der Waals surface area contributed by atoms with Gasteiger partial charge in [-0.2, -0.15) is 0 Å². The van der Waals surface area contributed by atoms with Crippen LogP contribution in [-0.4, -0.2) is 49.8 Å². The molecule has 0 aromatic rings. The van der Waals surface area contributed by atoms with Crippen LogP contribution >= 0.6 is 0 Å². The highest BCUT2D eigenvalue weighted by Gasteiger charge is 2.49. The zero-order valence-electron chi connectivity index (χ0n) is 10.5. The van der Waals surface area contributed by atoms with E-state index in [1.54, 1.807) is 0 Å². The standard InChI is InChI=1S/C12H22O4/c1-7(2)15-9-5-13-12-10(16-8(3)4)6-14-11(9)12/h7-12H,5-6H2,1-4H3/t9-,10-,11+,12+/m0/s1. The first-order valence-corrected chi connectivity index (χ1v) is 6.12. The van der Waals surface area contributed by atoms with Crippen molar-refractivity contribution >= 4 is 0 Å². The molecule has 2 saturated heterocycles. The van der Waals surface area contributed by atoms with Crippen LogP contribution in [0.1, 0.15) is 27.7 Å². The molecular formula is C12H22O4. The summed E-state index contributed by atoms with van der Waals surface area (Å²) in [6, 6.07) is 0. The number of ether oxygens (including phenoxy) is 4. The fourth-order valence-corrected chi connectivity index (χ4v) is 2.36. The summed E-state index contributed by atoms with van der Waals surface area (Å²) in [6.07, 6.45) is 0.635. The zero-order chi connectivity index (χ0) is 11.7. The van der Waals surface area contributed by atoms with Gasteiger partial charge in [0.2, 0.25) is 0 Å². The predicted molar refractivity (Wildman–Crippen MR) is 59.5 cm³/mol. The van der Waals surface area contributed by atoms with Crippen LogP contribution in [0.15, 0.2) is 0 Å². The summed E-state index contributed by atoms with van der Waals surface area (Å²) in [4.78, 5) is 0. The first kappa shape index (κ1) is 12.3. The fourth-order valence-electron chi connectivity index (χ4n) is 2.36. The van der Waals surface area contributed by atoms with Crippen molar-refractivity contribution in [2.75, 3.05) is 13.2 Å². The molecule has 2 fully saturated rings. The van der Waals surface area contributed by atoms with Gasteiger partial charge < -0.3 is 18.9 Å². The lowest BCUT2D eigenvalue weighted by Gasteiger charge is -2.19. The van der Waals surface area contributed by atoms with E-state index in [1.807, 2.05) is 27.7 Å². The third-order valence-corrected chi connectivity index (χ3v) is 2.86. The molecule has 0 radical (unpaired) electrons. The third-order valence-electron chi connectivity index (χ3n) is 2.86. The number of hydrogen-bond donors (Lipinski definition) is 0. The molecule has 0 unspecified atom stereocenters. The van der Waals surface area contributed by atoms with Crippen molar-refractivity contribution in [2.24, 2.45) is 0 Å². The summed E-state index contributed by atoms with van der Waals surface area (Å²) < 4.78 is 23.0. The maximum Gasteiger partial charge on any atom is 0.115 e. The van der Waals surface area contributed by atoms with Gasteiger partial charge >= 0.3 is 0 Å². The summed E-state index contributed by atoms with van der Waals surface area (Å²) in [5, 5.41) is 0. The van der Waals surface area contributed by atoms with Gasteiger partial charge in [-0.25, -0.2) is 0 Å². The molecule has 2 aliphatic heterocycles. The number of hydrogen-bond acceptors (Lipinski definition) is 4. The maximum absolute atomic E-state index is 5.77. The molecule has 2 heterocycles. The lowest BCUT2D eigenvalue weighted by molar-refractivity contribution is -0.0753. The first-order chi connectivity index (χ1) is 7.58. The highest BCUT2D eigenvalue weighted by Crippen LogP contribution is 2.31. The molecule has 0 saturated carbocycles. The van der Waals surface area contributed by atoms with Gasteiger partial charge in [-0.3, -0.25) is 0 Å². The summed E-state index contributed by atoms with van der Waals surface area (Å²) in [5.74, 6) is 0. The fraction of sp³-hybridized carbons (Fsp3) is 1.00. The topological polar surface area (TPSA) is 36.9 Å². The molecule has 2 aliphatic rings. The van der Waals surface area contributed by atoms with Crippen molar-refractivity contribution in [1.82, 2.24) is 0 Å². The van der Waals surface area contributed by atoms with Crippen LogP contribution in [0.4, 0.5) is 0 Å². The van der Waals surface area contributed by atoms with E-state index in [0.717, 1.165) is 0 Å². The van der Waals surface area contributed by atoms with E-state index in [4.69, 9.17) is 18.9 Å². The molecule has 0 aromatic heterocycles. The van der Waals surface area contributed by atoms with Crippen molar-refractivity contribution in [3.05, 3.63) is 0 Å². The van der Waals surface area contributed by atoms with Crippen LogP contribution in [0.5, 0.6) is 0 Å². The second-order valence-corrected chi connectivity index (χ2v) is 5.04. The van der Waals surface area contributed by atoms with Gasteiger partial charge in [0.05, 0.1) is 25.4 Å². The molecule has 94 valence electrons. The number of rotatable bonds is 4. The summed E-state index contributed by atoms with van der Waals surface area (Å²) in [7, 11) is 0. The molecule has 0 spiro atoms. The Bertz CT molecular complexity index is 205. The Morgan fingerprint density at radius 2 is 1.19 bits per heavy atom. The van der Waals surface area contributed by atoms with Gasteiger partial charge in [-0.1, -0.05) is 0 Å². The highest BCUT2D eigenvalue weighted by molar-refractivity contribution is 4.96. The van der Waals surface area contributed by atoms with Crippen LogP contribution in [0.3, 0.4) is 0 Å². The van der Waals surface area contributed by atoms with E-state index < -0.39 is 0 Å². The minimum atomic E-state index is 0.0474. The van der Waals surface area contributed by atoms with E-state index in [-0.39, 0.29) is 36.6 Å². The van der Waals surface area contributed by atoms with Gasteiger partial charge in [0, 0.05) is 0 Å². The zero-order valence-corrected chi connectivity index (χ0v) is 10.5. The van der Waals surface area contributed by atoms with Crippen LogP contribution in [-0.2, 0) is 18.9 Å². The Morgan fingerprint density at radius 3 is 1.50 bits per heavy atom. The lowest BCUT2D eigenvalue weighted by atomic mass is 10.1. The van der Waals surface area contributed by atoms with Crippen LogP contribution < -0.4 is 0 Å². The molecule has 4 heteroatoms. The van der Waals surface area contributed by atoms with Crippen LogP contribution in [0.25, 0.3) is 0 Å². The molecule has 0 aromatic carbocycles. The second kappa shape index (κ2) is 5.00. The second-order valence-electron chi connectivity index (χ2n) is 5.04. The average Bonchev–Trinajstić information content (AvgIpc) is 2.70. The maximum atomic E-state index is 5.77. The van der Waals surface area contributed by atoms with Crippen molar-refractivity contribution in [1.29, 1.82) is 0 Å². The van der Waals surface area contributed by atoms with Gasteiger partial charge in [0.25, 0.3) is 0 Å². The van der Waals surface area contributed by atoms with Crippen LogP contribution in [0, 0.1) is 0 Å². The van der Waals surface area contributed by atoms with Gasteiger partial charge in [0.1, 0.15) is 24.4 Å².